The van der Waals surface area contributed by atoms with Gasteiger partial charge in [0.15, 0.2) is 0 Å². The lowest BCUT2D eigenvalue weighted by Crippen LogP contribution is -2.23. The number of para-hydroxylation sites is 2. The number of nitrogens with zero attached hydrogens (tertiary/aromatic N) is 1. The Labute approximate surface area is 126 Å². The van der Waals surface area contributed by atoms with Crippen molar-refractivity contribution in [1.82, 2.24) is 0 Å². The molecular formula is C16H16BrFN2. The van der Waals surface area contributed by atoms with Crippen LogP contribution in [0.2, 0.25) is 0 Å². The summed E-state index contributed by atoms with van der Waals surface area (Å²) in [7, 11) is 0. The van der Waals surface area contributed by atoms with Gasteiger partial charge >= 0.3 is 0 Å². The molecule has 1 aliphatic heterocycles. The highest BCUT2D eigenvalue weighted by Crippen LogP contribution is 2.29. The number of nitrogens with one attached hydrogen (secondary N) is 1. The smallest absolute Gasteiger partial charge is 0.129 e. The van der Waals surface area contributed by atoms with Gasteiger partial charge in [0.1, 0.15) is 5.82 Å². The molecule has 0 unspecified atom stereocenters. The molecule has 2 aromatic carbocycles. The third-order valence-electron chi connectivity index (χ3n) is 3.54. The SMILES string of the molecule is Fc1cc(Br)ccc1CN1CCCNc2ccccc21. The van der Waals surface area contributed by atoms with Gasteiger partial charge in [0.05, 0.1) is 11.4 Å². The van der Waals surface area contributed by atoms with Gasteiger partial charge in [0.2, 0.25) is 0 Å². The molecule has 0 bridgehead atoms. The fourth-order valence-electron chi connectivity index (χ4n) is 2.53. The highest BCUT2D eigenvalue weighted by molar-refractivity contribution is 9.10. The van der Waals surface area contributed by atoms with Gasteiger partial charge in [-0.3, -0.25) is 0 Å². The first-order chi connectivity index (χ1) is 9.74. The van der Waals surface area contributed by atoms with Crippen molar-refractivity contribution in [2.45, 2.75) is 13.0 Å². The summed E-state index contributed by atoms with van der Waals surface area (Å²) in [5.41, 5.74) is 3.00. The second-order valence-corrected chi connectivity index (χ2v) is 5.87. The van der Waals surface area contributed by atoms with Gasteiger partial charge in [-0.25, -0.2) is 4.39 Å². The minimum absolute atomic E-state index is 0.158. The van der Waals surface area contributed by atoms with Crippen molar-refractivity contribution in [2.24, 2.45) is 0 Å². The summed E-state index contributed by atoms with van der Waals surface area (Å²) in [6, 6.07) is 13.5. The Morgan fingerprint density at radius 2 is 2.05 bits per heavy atom. The number of hydrogen-bond acceptors (Lipinski definition) is 2. The van der Waals surface area contributed by atoms with E-state index in [2.05, 4.69) is 38.3 Å². The van der Waals surface area contributed by atoms with Gasteiger partial charge in [-0.05, 0) is 30.7 Å². The Hall–Kier alpha value is -1.55. The molecule has 0 fully saturated rings. The van der Waals surface area contributed by atoms with Crippen LogP contribution in [0.3, 0.4) is 0 Å². The van der Waals surface area contributed by atoms with Crippen molar-refractivity contribution in [3.63, 3.8) is 0 Å². The highest BCUT2D eigenvalue weighted by atomic mass is 79.9. The topological polar surface area (TPSA) is 15.3 Å². The first-order valence-corrected chi connectivity index (χ1v) is 7.55. The monoisotopic (exact) mass is 334 g/mol. The van der Waals surface area contributed by atoms with Crippen LogP contribution in [0, 0.1) is 5.82 Å². The molecule has 104 valence electrons. The van der Waals surface area contributed by atoms with Crippen LogP contribution in [-0.2, 0) is 6.54 Å². The van der Waals surface area contributed by atoms with Crippen LogP contribution >= 0.6 is 15.9 Å². The average Bonchev–Trinajstić information content (AvgIpc) is 2.65. The Morgan fingerprint density at radius 1 is 1.20 bits per heavy atom. The van der Waals surface area contributed by atoms with Gasteiger partial charge in [-0.15, -0.1) is 0 Å². The molecule has 1 heterocycles. The first kappa shape index (κ1) is 13.4. The second-order valence-electron chi connectivity index (χ2n) is 4.95. The van der Waals surface area contributed by atoms with Crippen molar-refractivity contribution in [1.29, 1.82) is 0 Å². The van der Waals surface area contributed by atoms with Crippen molar-refractivity contribution < 1.29 is 4.39 Å². The molecule has 0 saturated heterocycles. The van der Waals surface area contributed by atoms with Crippen LogP contribution in [0.5, 0.6) is 0 Å². The first-order valence-electron chi connectivity index (χ1n) is 6.76. The minimum atomic E-state index is -0.158. The quantitative estimate of drug-likeness (QED) is 0.875. The molecule has 0 aliphatic carbocycles. The molecule has 0 amide bonds. The van der Waals surface area contributed by atoms with E-state index in [-0.39, 0.29) is 5.82 Å². The molecule has 0 radical (unpaired) electrons. The Balaban J connectivity index is 1.90. The van der Waals surface area contributed by atoms with E-state index in [1.54, 1.807) is 0 Å². The standard InChI is InChI=1S/C16H16BrFN2/c17-13-7-6-12(14(18)10-13)11-20-9-3-8-19-15-4-1-2-5-16(15)20/h1-2,4-7,10,19H,3,8-9,11H2. The van der Waals surface area contributed by atoms with Gasteiger partial charge in [0, 0.05) is 29.7 Å². The van der Waals surface area contributed by atoms with Crippen LogP contribution in [0.1, 0.15) is 12.0 Å². The largest absolute Gasteiger partial charge is 0.383 e. The van der Waals surface area contributed by atoms with Crippen LogP contribution in [-0.4, -0.2) is 13.1 Å². The maximum atomic E-state index is 14.0. The fraction of sp³-hybridized carbons (Fsp3) is 0.250. The second kappa shape index (κ2) is 5.83. The molecule has 3 rings (SSSR count). The molecule has 0 aromatic heterocycles. The predicted molar refractivity (Wildman–Crippen MR) is 84.7 cm³/mol. The third kappa shape index (κ3) is 2.80. The number of anilines is 2. The van der Waals surface area contributed by atoms with Gasteiger partial charge in [-0.1, -0.05) is 34.1 Å². The Kier molecular flexibility index (Phi) is 3.92. The van der Waals surface area contributed by atoms with Crippen LogP contribution in [0.25, 0.3) is 0 Å². The van der Waals surface area contributed by atoms with Crippen LogP contribution in [0.15, 0.2) is 46.9 Å². The molecule has 4 heteroatoms. The lowest BCUT2D eigenvalue weighted by molar-refractivity contribution is 0.602. The summed E-state index contributed by atoms with van der Waals surface area (Å²) in [6.45, 7) is 2.48. The molecule has 1 aliphatic rings. The van der Waals surface area contributed by atoms with E-state index >= 15 is 0 Å². The maximum Gasteiger partial charge on any atom is 0.129 e. The number of halogens is 2. The number of benzene rings is 2. The zero-order chi connectivity index (χ0) is 13.9. The van der Waals surface area contributed by atoms with E-state index in [4.69, 9.17) is 0 Å². The summed E-state index contributed by atoms with van der Waals surface area (Å²) >= 11 is 3.30. The molecule has 2 nitrogen and oxygen atoms in total. The van der Waals surface area contributed by atoms with E-state index in [1.165, 1.54) is 6.07 Å². The van der Waals surface area contributed by atoms with E-state index in [1.807, 2.05) is 24.3 Å². The van der Waals surface area contributed by atoms with Crippen LogP contribution < -0.4 is 10.2 Å². The van der Waals surface area contributed by atoms with Crippen LogP contribution in [0.4, 0.5) is 15.8 Å². The average molecular weight is 335 g/mol. The molecule has 1 N–H and O–H groups in total. The van der Waals surface area contributed by atoms with E-state index < -0.39 is 0 Å². The number of rotatable bonds is 2. The normalized spacial score (nSPS) is 14.4. The molecule has 2 aromatic rings. The maximum absolute atomic E-state index is 14.0. The van der Waals surface area contributed by atoms with E-state index in [0.717, 1.165) is 40.9 Å². The van der Waals surface area contributed by atoms with Gasteiger partial charge in [0.25, 0.3) is 0 Å². The Bertz CT molecular complexity index is 615. The highest BCUT2D eigenvalue weighted by Gasteiger charge is 2.16. The van der Waals surface area contributed by atoms with E-state index in [9.17, 15) is 4.39 Å². The van der Waals surface area contributed by atoms with Crippen molar-refractivity contribution in [2.75, 3.05) is 23.3 Å². The van der Waals surface area contributed by atoms with Gasteiger partial charge < -0.3 is 10.2 Å². The predicted octanol–water partition coefficient (Wildman–Crippen LogP) is 4.41. The summed E-state index contributed by atoms with van der Waals surface area (Å²) < 4.78 is 14.8. The molecule has 20 heavy (non-hydrogen) atoms. The lowest BCUT2D eigenvalue weighted by Gasteiger charge is -2.24. The molecule has 0 saturated carbocycles. The van der Waals surface area contributed by atoms with Crippen molar-refractivity contribution >= 4 is 27.3 Å². The number of hydrogen-bond donors (Lipinski definition) is 1. The zero-order valence-electron chi connectivity index (χ0n) is 11.1. The van der Waals surface area contributed by atoms with Crippen molar-refractivity contribution in [3.05, 3.63) is 58.3 Å². The van der Waals surface area contributed by atoms with Gasteiger partial charge in [-0.2, -0.15) is 0 Å². The summed E-state index contributed by atoms with van der Waals surface area (Å²) in [4.78, 5) is 2.24. The van der Waals surface area contributed by atoms with Crippen molar-refractivity contribution in [3.8, 4) is 0 Å². The lowest BCUT2D eigenvalue weighted by atomic mass is 10.1. The summed E-state index contributed by atoms with van der Waals surface area (Å²) in [5, 5.41) is 3.42. The molecule has 0 atom stereocenters. The minimum Gasteiger partial charge on any atom is -0.383 e. The zero-order valence-corrected chi connectivity index (χ0v) is 12.7. The summed E-state index contributed by atoms with van der Waals surface area (Å²) in [5.74, 6) is -0.158. The van der Waals surface area contributed by atoms with E-state index in [0.29, 0.717) is 6.54 Å². The number of fused-ring (bicyclic) bond motifs is 1. The molecular weight excluding hydrogens is 319 g/mol. The Morgan fingerprint density at radius 3 is 2.90 bits per heavy atom. The fourth-order valence-corrected chi connectivity index (χ4v) is 2.87. The molecule has 0 spiro atoms. The summed E-state index contributed by atoms with van der Waals surface area (Å²) in [6.07, 6.45) is 1.05. The third-order valence-corrected chi connectivity index (χ3v) is 4.03.